The SMILES string of the molecule is COC(=O)c1c[nH]c2ccc(Oc3c(C(F)(F)F)cc(N)cc3C(F)(F)F)cc12. The summed E-state index contributed by atoms with van der Waals surface area (Å²) in [5.74, 6) is -2.52. The van der Waals surface area contributed by atoms with E-state index in [4.69, 9.17) is 10.5 Å². The molecule has 0 bridgehead atoms. The Hall–Kier alpha value is -3.37. The number of H-pyrrole nitrogens is 1. The summed E-state index contributed by atoms with van der Waals surface area (Å²) in [5, 5.41) is 0.201. The van der Waals surface area contributed by atoms with E-state index in [2.05, 4.69) is 9.72 Å². The fraction of sp³-hybridized carbons (Fsp3) is 0.167. The van der Waals surface area contributed by atoms with Gasteiger partial charge in [0.05, 0.1) is 12.7 Å². The van der Waals surface area contributed by atoms with Crippen molar-refractivity contribution in [2.24, 2.45) is 0 Å². The molecule has 0 amide bonds. The van der Waals surface area contributed by atoms with Gasteiger partial charge < -0.3 is 20.2 Å². The van der Waals surface area contributed by atoms with Crippen molar-refractivity contribution in [3.63, 3.8) is 0 Å². The molecule has 0 aliphatic carbocycles. The average molecular weight is 418 g/mol. The Kier molecular flexibility index (Phi) is 4.85. The number of halogens is 6. The minimum Gasteiger partial charge on any atom is -0.465 e. The van der Waals surface area contributed by atoms with E-state index in [1.807, 2.05) is 0 Å². The summed E-state index contributed by atoms with van der Waals surface area (Å²) in [6.45, 7) is 0. The fourth-order valence-electron chi connectivity index (χ4n) is 2.74. The molecule has 5 nitrogen and oxygen atoms in total. The van der Waals surface area contributed by atoms with Gasteiger partial charge >= 0.3 is 18.3 Å². The summed E-state index contributed by atoms with van der Waals surface area (Å²) in [7, 11) is 1.13. The molecular formula is C18H12F6N2O3. The van der Waals surface area contributed by atoms with Crippen LogP contribution in [-0.2, 0) is 17.1 Å². The average Bonchev–Trinajstić information content (AvgIpc) is 3.03. The molecule has 29 heavy (non-hydrogen) atoms. The van der Waals surface area contributed by atoms with E-state index in [0.717, 1.165) is 19.2 Å². The molecule has 0 saturated carbocycles. The van der Waals surface area contributed by atoms with Gasteiger partial charge in [0.25, 0.3) is 0 Å². The van der Waals surface area contributed by atoms with Crippen LogP contribution in [0.2, 0.25) is 0 Å². The molecule has 0 unspecified atom stereocenters. The van der Waals surface area contributed by atoms with Gasteiger partial charge in [0, 0.05) is 22.8 Å². The van der Waals surface area contributed by atoms with Crippen LogP contribution < -0.4 is 10.5 Å². The number of alkyl halides is 6. The number of esters is 1. The first-order chi connectivity index (χ1) is 13.4. The number of carbonyl (C=O) groups is 1. The Bertz CT molecular complexity index is 1050. The number of hydrogen-bond donors (Lipinski definition) is 2. The smallest absolute Gasteiger partial charge is 0.420 e. The van der Waals surface area contributed by atoms with Crippen LogP contribution in [0.5, 0.6) is 11.5 Å². The molecule has 0 radical (unpaired) electrons. The van der Waals surface area contributed by atoms with E-state index in [-0.39, 0.29) is 16.7 Å². The number of nitrogens with one attached hydrogen (secondary N) is 1. The number of aromatic amines is 1. The van der Waals surface area contributed by atoms with Gasteiger partial charge in [-0.05, 0) is 30.3 Å². The van der Waals surface area contributed by atoms with Crippen LogP contribution in [-0.4, -0.2) is 18.1 Å². The predicted octanol–water partition coefficient (Wildman–Crippen LogP) is 5.37. The lowest BCUT2D eigenvalue weighted by atomic mass is 10.1. The van der Waals surface area contributed by atoms with Gasteiger partial charge in [0.2, 0.25) is 0 Å². The zero-order chi connectivity index (χ0) is 21.6. The van der Waals surface area contributed by atoms with Gasteiger partial charge in [-0.25, -0.2) is 4.79 Å². The molecule has 3 aromatic rings. The lowest BCUT2D eigenvalue weighted by molar-refractivity contribution is -0.144. The van der Waals surface area contributed by atoms with Crippen LogP contribution in [0.15, 0.2) is 36.5 Å². The highest BCUT2D eigenvalue weighted by Gasteiger charge is 2.43. The van der Waals surface area contributed by atoms with Crippen LogP contribution in [0.4, 0.5) is 32.0 Å². The van der Waals surface area contributed by atoms with Crippen molar-refractivity contribution in [2.75, 3.05) is 12.8 Å². The molecular weight excluding hydrogens is 406 g/mol. The summed E-state index contributed by atoms with van der Waals surface area (Å²) in [6, 6.07) is 4.36. The summed E-state index contributed by atoms with van der Waals surface area (Å²) in [5.41, 5.74) is 1.61. The molecule has 0 fully saturated rings. The third kappa shape index (κ3) is 3.93. The zero-order valence-electron chi connectivity index (χ0n) is 14.5. The van der Waals surface area contributed by atoms with Gasteiger partial charge in [0.1, 0.15) is 16.9 Å². The lowest BCUT2D eigenvalue weighted by Gasteiger charge is -2.20. The van der Waals surface area contributed by atoms with Crippen molar-refractivity contribution in [3.05, 3.63) is 53.2 Å². The van der Waals surface area contributed by atoms with Crippen LogP contribution in [0, 0.1) is 0 Å². The Morgan fingerprint density at radius 1 is 1.00 bits per heavy atom. The Balaban J connectivity index is 2.18. The monoisotopic (exact) mass is 418 g/mol. The van der Waals surface area contributed by atoms with Gasteiger partial charge in [-0.1, -0.05) is 0 Å². The van der Waals surface area contributed by atoms with Crippen molar-refractivity contribution >= 4 is 22.6 Å². The number of hydrogen-bond acceptors (Lipinski definition) is 4. The number of nitrogen functional groups attached to an aromatic ring is 1. The highest BCUT2D eigenvalue weighted by Crippen LogP contribution is 2.47. The summed E-state index contributed by atoms with van der Waals surface area (Å²) in [6.07, 6.45) is -9.01. The number of ether oxygens (including phenoxy) is 2. The van der Waals surface area contributed by atoms with Crippen molar-refractivity contribution < 1.29 is 40.6 Å². The van der Waals surface area contributed by atoms with Gasteiger partial charge in [-0.15, -0.1) is 0 Å². The number of benzene rings is 2. The number of methoxy groups -OCH3 is 1. The number of rotatable bonds is 3. The molecule has 0 aliphatic heterocycles. The predicted molar refractivity (Wildman–Crippen MR) is 90.6 cm³/mol. The number of anilines is 1. The van der Waals surface area contributed by atoms with Crippen LogP contribution in [0.3, 0.4) is 0 Å². The summed E-state index contributed by atoms with van der Waals surface area (Å²) >= 11 is 0. The fourth-order valence-corrected chi connectivity index (χ4v) is 2.74. The van der Waals surface area contributed by atoms with E-state index in [0.29, 0.717) is 17.6 Å². The van der Waals surface area contributed by atoms with E-state index in [1.165, 1.54) is 12.3 Å². The molecule has 1 heterocycles. The van der Waals surface area contributed by atoms with Crippen molar-refractivity contribution in [3.8, 4) is 11.5 Å². The van der Waals surface area contributed by atoms with Crippen molar-refractivity contribution in [1.82, 2.24) is 4.98 Å². The molecule has 2 aromatic carbocycles. The third-order valence-electron chi connectivity index (χ3n) is 4.00. The summed E-state index contributed by atoms with van der Waals surface area (Å²) < 4.78 is 89.7. The lowest BCUT2D eigenvalue weighted by Crippen LogP contribution is -2.15. The minimum atomic E-state index is -5.15. The van der Waals surface area contributed by atoms with Gasteiger partial charge in [-0.3, -0.25) is 0 Å². The van der Waals surface area contributed by atoms with Gasteiger partial charge in [-0.2, -0.15) is 26.3 Å². The first kappa shape index (κ1) is 20.4. The molecule has 1 aromatic heterocycles. The molecule has 3 rings (SSSR count). The summed E-state index contributed by atoms with van der Waals surface area (Å²) in [4.78, 5) is 14.5. The van der Waals surface area contributed by atoms with Crippen LogP contribution in [0.25, 0.3) is 10.9 Å². The molecule has 154 valence electrons. The maximum absolute atomic E-state index is 13.3. The number of carbonyl (C=O) groups excluding carboxylic acids is 1. The van der Waals surface area contributed by atoms with Crippen molar-refractivity contribution in [1.29, 1.82) is 0 Å². The first-order valence-electron chi connectivity index (χ1n) is 7.87. The Morgan fingerprint density at radius 2 is 1.59 bits per heavy atom. The maximum Gasteiger partial charge on any atom is 0.420 e. The molecule has 0 aliphatic rings. The highest BCUT2D eigenvalue weighted by molar-refractivity contribution is 6.04. The minimum absolute atomic E-state index is 0.0392. The topological polar surface area (TPSA) is 77.3 Å². The number of fused-ring (bicyclic) bond motifs is 1. The van der Waals surface area contributed by atoms with Gasteiger partial charge in [0.15, 0.2) is 5.75 Å². The van der Waals surface area contributed by atoms with Crippen LogP contribution in [0.1, 0.15) is 21.5 Å². The second kappa shape index (κ2) is 6.90. The Morgan fingerprint density at radius 3 is 2.10 bits per heavy atom. The number of aromatic nitrogens is 1. The highest BCUT2D eigenvalue weighted by atomic mass is 19.4. The molecule has 3 N–H and O–H groups in total. The molecule has 0 saturated heterocycles. The standard InChI is InChI=1S/C18H12F6N2O3/c1-28-16(27)11-7-26-14-3-2-9(6-10(11)14)29-15-12(17(19,20)21)4-8(25)5-13(15)18(22,23)24/h2-7,26H,25H2,1H3. The third-order valence-corrected chi connectivity index (χ3v) is 4.00. The molecule has 0 atom stereocenters. The largest absolute Gasteiger partial charge is 0.465 e. The first-order valence-corrected chi connectivity index (χ1v) is 7.87. The normalized spacial score (nSPS) is 12.2. The second-order valence-electron chi connectivity index (χ2n) is 5.94. The second-order valence-corrected chi connectivity index (χ2v) is 5.94. The van der Waals surface area contributed by atoms with E-state index in [9.17, 15) is 31.1 Å². The van der Waals surface area contributed by atoms with E-state index in [1.54, 1.807) is 0 Å². The van der Waals surface area contributed by atoms with Crippen molar-refractivity contribution in [2.45, 2.75) is 12.4 Å². The van der Waals surface area contributed by atoms with E-state index >= 15 is 0 Å². The number of nitrogens with two attached hydrogens (primary N) is 1. The molecule has 11 heteroatoms. The van der Waals surface area contributed by atoms with Crippen LogP contribution >= 0.6 is 0 Å². The quantitative estimate of drug-likeness (QED) is 0.341. The molecule has 0 spiro atoms. The maximum atomic E-state index is 13.3. The van der Waals surface area contributed by atoms with E-state index < -0.39 is 40.9 Å². The Labute approximate surface area is 159 Å². The zero-order valence-corrected chi connectivity index (χ0v) is 14.5.